The van der Waals surface area contributed by atoms with Crippen LogP contribution in [0.4, 0.5) is 0 Å². The van der Waals surface area contributed by atoms with E-state index in [9.17, 15) is 9.59 Å². The number of thiazole rings is 1. The molecule has 0 spiro atoms. The highest BCUT2D eigenvalue weighted by Crippen LogP contribution is 2.31. The minimum Gasteiger partial charge on any atom is -0.457 e. The van der Waals surface area contributed by atoms with Gasteiger partial charge in [-0.2, -0.15) is 14.6 Å². The highest BCUT2D eigenvalue weighted by molar-refractivity contribution is 7.15. The summed E-state index contributed by atoms with van der Waals surface area (Å²) in [6.07, 6.45) is 1.58. The van der Waals surface area contributed by atoms with Crippen LogP contribution in [0.25, 0.3) is 33.6 Å². The zero-order valence-corrected chi connectivity index (χ0v) is 17.9. The average Bonchev–Trinajstić information content (AvgIpc) is 3.35. The highest BCUT2D eigenvalue weighted by atomic mass is 35.5. The Morgan fingerprint density at radius 3 is 2.61 bits per heavy atom. The van der Waals surface area contributed by atoms with Crippen molar-refractivity contribution in [1.82, 2.24) is 14.6 Å². The van der Waals surface area contributed by atoms with Crippen LogP contribution in [0.5, 0.6) is 0 Å². The third-order valence-electron chi connectivity index (χ3n) is 4.53. The third-order valence-corrected chi connectivity index (χ3v) is 6.05. The van der Waals surface area contributed by atoms with Gasteiger partial charge in [0.05, 0.1) is 5.02 Å². The van der Waals surface area contributed by atoms with E-state index in [1.54, 1.807) is 60.7 Å². The SMILES string of the molecule is O=c1nc2sc(=Cc3ccc(-c4cc(Cl)ccc4Cl)o3)c(=O)n2nc1-c1ccccc1. The van der Waals surface area contributed by atoms with Crippen LogP contribution in [0.15, 0.2) is 74.7 Å². The van der Waals surface area contributed by atoms with Crippen molar-refractivity contribution >= 4 is 45.6 Å². The van der Waals surface area contributed by atoms with E-state index >= 15 is 0 Å². The molecule has 0 aliphatic rings. The molecule has 3 heterocycles. The molecule has 0 amide bonds. The van der Waals surface area contributed by atoms with Crippen molar-refractivity contribution in [1.29, 1.82) is 0 Å². The second-order valence-corrected chi connectivity index (χ2v) is 8.42. The van der Waals surface area contributed by atoms with Crippen LogP contribution in [0, 0.1) is 0 Å². The lowest BCUT2D eigenvalue weighted by Crippen LogP contribution is -2.26. The molecule has 5 aromatic rings. The van der Waals surface area contributed by atoms with Crippen molar-refractivity contribution in [3.05, 3.63) is 102 Å². The van der Waals surface area contributed by atoms with Gasteiger partial charge in [0.2, 0.25) is 4.96 Å². The summed E-state index contributed by atoms with van der Waals surface area (Å²) in [5.41, 5.74) is 0.488. The molecule has 3 aromatic heterocycles. The molecule has 0 saturated heterocycles. The number of halogens is 2. The molecule has 0 atom stereocenters. The molecule has 9 heteroatoms. The van der Waals surface area contributed by atoms with Gasteiger partial charge in [-0.1, -0.05) is 64.9 Å². The molecule has 6 nitrogen and oxygen atoms in total. The Morgan fingerprint density at radius 1 is 1.00 bits per heavy atom. The molecule has 0 bridgehead atoms. The second-order valence-electron chi connectivity index (χ2n) is 6.57. The predicted octanol–water partition coefficient (Wildman–Crippen LogP) is 4.29. The van der Waals surface area contributed by atoms with Crippen LogP contribution >= 0.6 is 34.5 Å². The maximum atomic E-state index is 12.9. The number of nitrogens with zero attached hydrogens (tertiary/aromatic N) is 3. The number of benzene rings is 2. The summed E-state index contributed by atoms with van der Waals surface area (Å²) in [5.74, 6) is 0.963. The van der Waals surface area contributed by atoms with Gasteiger partial charge in [-0.3, -0.25) is 9.59 Å². The first-order valence-corrected chi connectivity index (χ1v) is 10.6. The molecule has 0 aliphatic heterocycles. The maximum Gasteiger partial charge on any atom is 0.300 e. The fourth-order valence-corrected chi connectivity index (χ4v) is 4.34. The summed E-state index contributed by atoms with van der Waals surface area (Å²) < 4.78 is 7.31. The van der Waals surface area contributed by atoms with Crippen molar-refractivity contribution in [3.63, 3.8) is 0 Å². The molecule has 0 radical (unpaired) electrons. The topological polar surface area (TPSA) is 77.5 Å². The lowest BCUT2D eigenvalue weighted by Gasteiger charge is -2.00. The van der Waals surface area contributed by atoms with Crippen LogP contribution < -0.4 is 15.7 Å². The van der Waals surface area contributed by atoms with Gasteiger partial charge < -0.3 is 4.42 Å². The fraction of sp³-hybridized carbons (Fsp3) is 0. The van der Waals surface area contributed by atoms with Gasteiger partial charge in [0, 0.05) is 22.2 Å². The first-order valence-electron chi connectivity index (χ1n) is 9.06. The van der Waals surface area contributed by atoms with Crippen LogP contribution in [0.3, 0.4) is 0 Å². The van der Waals surface area contributed by atoms with Crippen molar-refractivity contribution in [2.75, 3.05) is 0 Å². The van der Waals surface area contributed by atoms with E-state index in [0.717, 1.165) is 15.9 Å². The molecule has 0 unspecified atom stereocenters. The Hall–Kier alpha value is -3.26. The predicted molar refractivity (Wildman–Crippen MR) is 122 cm³/mol. The van der Waals surface area contributed by atoms with Gasteiger partial charge in [0.1, 0.15) is 16.1 Å². The van der Waals surface area contributed by atoms with Crippen molar-refractivity contribution in [3.8, 4) is 22.6 Å². The van der Waals surface area contributed by atoms with E-state index in [-0.39, 0.29) is 16.2 Å². The monoisotopic (exact) mass is 467 g/mol. The molecule has 0 saturated carbocycles. The Balaban J connectivity index is 1.61. The van der Waals surface area contributed by atoms with Gasteiger partial charge in [-0.25, -0.2) is 0 Å². The lowest BCUT2D eigenvalue weighted by atomic mass is 10.2. The summed E-state index contributed by atoms with van der Waals surface area (Å²) in [6.45, 7) is 0. The number of aromatic nitrogens is 3. The number of hydrogen-bond acceptors (Lipinski definition) is 6. The zero-order chi connectivity index (χ0) is 21.5. The van der Waals surface area contributed by atoms with E-state index in [0.29, 0.717) is 37.2 Å². The molecule has 2 aromatic carbocycles. The minimum atomic E-state index is -0.491. The Morgan fingerprint density at radius 2 is 1.81 bits per heavy atom. The number of fused-ring (bicyclic) bond motifs is 1. The summed E-state index contributed by atoms with van der Waals surface area (Å²) >= 11 is 13.3. The van der Waals surface area contributed by atoms with Crippen molar-refractivity contribution in [2.45, 2.75) is 0 Å². The molecule has 31 heavy (non-hydrogen) atoms. The van der Waals surface area contributed by atoms with E-state index in [4.69, 9.17) is 27.6 Å². The molecule has 0 N–H and O–H groups in total. The van der Waals surface area contributed by atoms with E-state index in [1.165, 1.54) is 0 Å². The number of hydrogen-bond donors (Lipinski definition) is 0. The first kappa shape index (κ1) is 19.7. The standard InChI is InChI=1S/C22H11Cl2N3O3S/c23-13-6-8-16(24)15(10-13)17-9-7-14(30-17)11-18-21(29)27-22(31-18)25-20(28)19(26-27)12-4-2-1-3-5-12/h1-11H. The zero-order valence-electron chi connectivity index (χ0n) is 15.6. The average molecular weight is 468 g/mol. The maximum absolute atomic E-state index is 12.9. The Bertz CT molecular complexity index is 1610. The van der Waals surface area contributed by atoms with Gasteiger partial charge in [-0.05, 0) is 30.3 Å². The van der Waals surface area contributed by atoms with Gasteiger partial charge in [-0.15, -0.1) is 0 Å². The van der Waals surface area contributed by atoms with E-state index in [2.05, 4.69) is 10.1 Å². The highest BCUT2D eigenvalue weighted by Gasteiger charge is 2.13. The third kappa shape index (κ3) is 3.67. The van der Waals surface area contributed by atoms with Crippen LogP contribution in [-0.4, -0.2) is 14.6 Å². The largest absolute Gasteiger partial charge is 0.457 e. The Labute approximate surface area is 188 Å². The molecular formula is C22H11Cl2N3O3S. The molecule has 0 fully saturated rings. The van der Waals surface area contributed by atoms with Gasteiger partial charge >= 0.3 is 5.56 Å². The lowest BCUT2D eigenvalue weighted by molar-refractivity contribution is 0.571. The summed E-state index contributed by atoms with van der Waals surface area (Å²) in [6, 6.07) is 17.4. The fourth-order valence-electron chi connectivity index (χ4n) is 3.08. The minimum absolute atomic E-state index is 0.121. The van der Waals surface area contributed by atoms with Crippen molar-refractivity contribution in [2.24, 2.45) is 0 Å². The normalized spacial score (nSPS) is 12.0. The van der Waals surface area contributed by atoms with Gasteiger partial charge in [0.15, 0.2) is 5.69 Å². The van der Waals surface area contributed by atoms with E-state index < -0.39 is 5.56 Å². The van der Waals surface area contributed by atoms with Gasteiger partial charge in [0.25, 0.3) is 5.56 Å². The molecule has 152 valence electrons. The van der Waals surface area contributed by atoms with Crippen LogP contribution in [0.1, 0.15) is 5.76 Å². The van der Waals surface area contributed by atoms with E-state index in [1.807, 2.05) is 6.07 Å². The molecule has 0 aliphatic carbocycles. The summed E-state index contributed by atoms with van der Waals surface area (Å²) in [5, 5.41) is 5.27. The van der Waals surface area contributed by atoms with Crippen molar-refractivity contribution < 1.29 is 4.42 Å². The number of furan rings is 1. The Kier molecular flexibility index (Phi) is 4.94. The molecular weight excluding hydrogens is 457 g/mol. The second kappa shape index (κ2) is 7.77. The van der Waals surface area contributed by atoms with Crippen LogP contribution in [-0.2, 0) is 0 Å². The smallest absolute Gasteiger partial charge is 0.300 e. The first-order chi connectivity index (χ1) is 15.0. The van der Waals surface area contributed by atoms with Crippen LogP contribution in [0.2, 0.25) is 10.0 Å². The summed E-state index contributed by atoms with van der Waals surface area (Å²) in [4.78, 5) is 29.5. The quantitative estimate of drug-likeness (QED) is 0.395. The number of rotatable bonds is 3. The molecule has 5 rings (SSSR count). The summed E-state index contributed by atoms with van der Waals surface area (Å²) in [7, 11) is 0.